The Morgan fingerprint density at radius 1 is 1.30 bits per heavy atom. The number of pyridine rings is 1. The summed E-state index contributed by atoms with van der Waals surface area (Å²) in [5.74, 6) is 0.415. The average molecular weight is 271 g/mol. The molecule has 4 N–H and O–H groups in total. The van der Waals surface area contributed by atoms with Gasteiger partial charge in [-0.1, -0.05) is 19.1 Å². The number of para-hydroxylation sites is 1. The Morgan fingerprint density at radius 2 is 2.05 bits per heavy atom. The zero-order valence-corrected chi connectivity index (χ0v) is 11.2. The molecule has 1 unspecified atom stereocenters. The molecule has 0 radical (unpaired) electrons. The number of primary amides is 1. The van der Waals surface area contributed by atoms with E-state index in [-0.39, 0.29) is 6.04 Å². The molecule has 5 heteroatoms. The van der Waals surface area contributed by atoms with Crippen LogP contribution in [0.3, 0.4) is 0 Å². The molecule has 0 aliphatic carbocycles. The van der Waals surface area contributed by atoms with Crippen molar-refractivity contribution in [3.8, 4) is 11.5 Å². The van der Waals surface area contributed by atoms with Gasteiger partial charge in [-0.15, -0.1) is 0 Å². The fourth-order valence-corrected chi connectivity index (χ4v) is 1.77. The van der Waals surface area contributed by atoms with Gasteiger partial charge in [0.05, 0.1) is 17.5 Å². The standard InChI is InChI=1S/C15H17N3O2/c1-2-12(16)13-8-7-10(9-18-13)20-14-6-4-3-5-11(14)15(17)19/h3-9,12H,2,16H2,1H3,(H2,17,19). The van der Waals surface area contributed by atoms with Crippen LogP contribution in [0.1, 0.15) is 35.4 Å². The Morgan fingerprint density at radius 3 is 2.65 bits per heavy atom. The molecule has 2 rings (SSSR count). The van der Waals surface area contributed by atoms with Gasteiger partial charge >= 0.3 is 0 Å². The fourth-order valence-electron chi connectivity index (χ4n) is 1.77. The van der Waals surface area contributed by atoms with Gasteiger partial charge in [-0.2, -0.15) is 0 Å². The molecule has 0 aliphatic heterocycles. The molecule has 1 atom stereocenters. The Bertz CT molecular complexity index is 596. The number of hydrogen-bond acceptors (Lipinski definition) is 4. The summed E-state index contributed by atoms with van der Waals surface area (Å²) in [4.78, 5) is 15.6. The molecule has 20 heavy (non-hydrogen) atoms. The summed E-state index contributed by atoms with van der Waals surface area (Å²) in [7, 11) is 0. The van der Waals surface area contributed by atoms with E-state index in [4.69, 9.17) is 16.2 Å². The van der Waals surface area contributed by atoms with Gasteiger partial charge in [0.15, 0.2) is 0 Å². The topological polar surface area (TPSA) is 91.2 Å². The lowest BCUT2D eigenvalue weighted by Crippen LogP contribution is -2.12. The second-order valence-electron chi connectivity index (χ2n) is 4.40. The van der Waals surface area contributed by atoms with E-state index in [1.807, 2.05) is 13.0 Å². The maximum absolute atomic E-state index is 11.3. The first kappa shape index (κ1) is 14.0. The number of ether oxygens (including phenoxy) is 1. The van der Waals surface area contributed by atoms with Crippen LogP contribution >= 0.6 is 0 Å². The summed E-state index contributed by atoms with van der Waals surface area (Å²) in [5, 5.41) is 0. The van der Waals surface area contributed by atoms with Crippen molar-refractivity contribution in [3.05, 3.63) is 53.9 Å². The minimum Gasteiger partial charge on any atom is -0.455 e. The molecule has 0 saturated heterocycles. The number of amides is 1. The Kier molecular flexibility index (Phi) is 4.32. The summed E-state index contributed by atoms with van der Waals surface area (Å²) in [6, 6.07) is 10.3. The third-order valence-electron chi connectivity index (χ3n) is 2.96. The van der Waals surface area contributed by atoms with Gasteiger partial charge in [-0.05, 0) is 30.7 Å². The molecule has 5 nitrogen and oxygen atoms in total. The van der Waals surface area contributed by atoms with Crippen LogP contribution in [0.4, 0.5) is 0 Å². The Hall–Kier alpha value is -2.40. The van der Waals surface area contributed by atoms with Crippen molar-refractivity contribution in [2.75, 3.05) is 0 Å². The number of nitrogens with two attached hydrogens (primary N) is 2. The number of aromatic nitrogens is 1. The smallest absolute Gasteiger partial charge is 0.252 e. The van der Waals surface area contributed by atoms with Crippen LogP contribution in [0, 0.1) is 0 Å². The highest BCUT2D eigenvalue weighted by molar-refractivity contribution is 5.95. The van der Waals surface area contributed by atoms with Crippen molar-refractivity contribution in [2.24, 2.45) is 11.5 Å². The van der Waals surface area contributed by atoms with Crippen molar-refractivity contribution in [3.63, 3.8) is 0 Å². The molecule has 1 amide bonds. The highest BCUT2D eigenvalue weighted by Crippen LogP contribution is 2.25. The first-order chi connectivity index (χ1) is 9.61. The molecule has 0 bridgehead atoms. The van der Waals surface area contributed by atoms with E-state index in [2.05, 4.69) is 4.98 Å². The van der Waals surface area contributed by atoms with E-state index in [1.54, 1.807) is 36.5 Å². The summed E-state index contributed by atoms with van der Waals surface area (Å²) in [6.07, 6.45) is 2.40. The highest BCUT2D eigenvalue weighted by Gasteiger charge is 2.10. The average Bonchev–Trinajstić information content (AvgIpc) is 2.47. The zero-order chi connectivity index (χ0) is 14.5. The lowest BCUT2D eigenvalue weighted by molar-refractivity contribution is 0.0998. The number of carbonyl (C=O) groups excluding carboxylic acids is 1. The molecule has 0 fully saturated rings. The largest absolute Gasteiger partial charge is 0.455 e. The Labute approximate surface area is 117 Å². The molecule has 0 aliphatic rings. The number of nitrogens with zero attached hydrogens (tertiary/aromatic N) is 1. The predicted molar refractivity (Wildman–Crippen MR) is 76.5 cm³/mol. The van der Waals surface area contributed by atoms with Crippen molar-refractivity contribution in [1.29, 1.82) is 0 Å². The van der Waals surface area contributed by atoms with Gasteiger partial charge in [-0.25, -0.2) is 0 Å². The first-order valence-corrected chi connectivity index (χ1v) is 6.40. The molecule has 104 valence electrons. The molecule has 2 aromatic rings. The third kappa shape index (κ3) is 3.13. The zero-order valence-electron chi connectivity index (χ0n) is 11.2. The van der Waals surface area contributed by atoms with Crippen LogP contribution in [0.2, 0.25) is 0 Å². The van der Waals surface area contributed by atoms with Crippen LogP contribution in [-0.2, 0) is 0 Å². The summed E-state index contributed by atoms with van der Waals surface area (Å²) in [6.45, 7) is 2.00. The molecule has 1 aromatic heterocycles. The lowest BCUT2D eigenvalue weighted by Gasteiger charge is -2.11. The first-order valence-electron chi connectivity index (χ1n) is 6.40. The van der Waals surface area contributed by atoms with E-state index in [9.17, 15) is 4.79 Å². The van der Waals surface area contributed by atoms with Gasteiger partial charge in [0.25, 0.3) is 5.91 Å². The van der Waals surface area contributed by atoms with Crippen LogP contribution < -0.4 is 16.2 Å². The van der Waals surface area contributed by atoms with Crippen molar-refractivity contribution in [2.45, 2.75) is 19.4 Å². The van der Waals surface area contributed by atoms with Crippen LogP contribution in [-0.4, -0.2) is 10.9 Å². The SMILES string of the molecule is CCC(N)c1ccc(Oc2ccccc2C(N)=O)cn1. The number of rotatable bonds is 5. The van der Waals surface area contributed by atoms with Crippen LogP contribution in [0.5, 0.6) is 11.5 Å². The minimum absolute atomic E-state index is 0.0815. The van der Waals surface area contributed by atoms with E-state index in [0.29, 0.717) is 17.1 Å². The summed E-state index contributed by atoms with van der Waals surface area (Å²) < 4.78 is 5.64. The van der Waals surface area contributed by atoms with Crippen molar-refractivity contribution in [1.82, 2.24) is 4.98 Å². The third-order valence-corrected chi connectivity index (χ3v) is 2.96. The lowest BCUT2D eigenvalue weighted by atomic mass is 10.1. The van der Waals surface area contributed by atoms with Crippen molar-refractivity contribution >= 4 is 5.91 Å². The van der Waals surface area contributed by atoms with Crippen molar-refractivity contribution < 1.29 is 9.53 Å². The molecule has 0 saturated carbocycles. The van der Waals surface area contributed by atoms with Gasteiger partial charge < -0.3 is 16.2 Å². The molecular formula is C15H17N3O2. The number of benzene rings is 1. The molecule has 1 aromatic carbocycles. The molecular weight excluding hydrogens is 254 g/mol. The van der Waals surface area contributed by atoms with Gasteiger partial charge in [-0.3, -0.25) is 9.78 Å². The van der Waals surface area contributed by atoms with E-state index < -0.39 is 5.91 Å². The Balaban J connectivity index is 2.20. The maximum Gasteiger partial charge on any atom is 0.252 e. The van der Waals surface area contributed by atoms with E-state index >= 15 is 0 Å². The van der Waals surface area contributed by atoms with Gasteiger partial charge in [0, 0.05) is 6.04 Å². The highest BCUT2D eigenvalue weighted by atomic mass is 16.5. The number of hydrogen-bond donors (Lipinski definition) is 2. The second kappa shape index (κ2) is 6.16. The summed E-state index contributed by atoms with van der Waals surface area (Å²) >= 11 is 0. The number of carbonyl (C=O) groups is 1. The van der Waals surface area contributed by atoms with Crippen LogP contribution in [0.15, 0.2) is 42.6 Å². The monoisotopic (exact) mass is 271 g/mol. The van der Waals surface area contributed by atoms with Gasteiger partial charge in [0.2, 0.25) is 0 Å². The van der Waals surface area contributed by atoms with Gasteiger partial charge in [0.1, 0.15) is 11.5 Å². The minimum atomic E-state index is -0.529. The quantitative estimate of drug-likeness (QED) is 0.873. The molecule has 1 heterocycles. The molecule has 0 spiro atoms. The van der Waals surface area contributed by atoms with E-state index in [0.717, 1.165) is 12.1 Å². The second-order valence-corrected chi connectivity index (χ2v) is 4.40. The maximum atomic E-state index is 11.3. The summed E-state index contributed by atoms with van der Waals surface area (Å²) in [5.41, 5.74) is 12.3. The van der Waals surface area contributed by atoms with E-state index in [1.165, 1.54) is 0 Å². The fraction of sp³-hybridized carbons (Fsp3) is 0.200. The van der Waals surface area contributed by atoms with Crippen LogP contribution in [0.25, 0.3) is 0 Å². The predicted octanol–water partition coefficient (Wildman–Crippen LogP) is 2.38. The normalized spacial score (nSPS) is 11.9.